The minimum Gasteiger partial charge on any atom is -0.493 e. The van der Waals surface area contributed by atoms with Crippen LogP contribution in [0.2, 0.25) is 0 Å². The van der Waals surface area contributed by atoms with Gasteiger partial charge in [-0.3, -0.25) is 4.79 Å². The monoisotopic (exact) mass is 128 g/mol. The molecule has 0 aromatic carbocycles. The summed E-state index contributed by atoms with van der Waals surface area (Å²) in [7, 11) is 1.50. The van der Waals surface area contributed by atoms with E-state index in [4.69, 9.17) is 4.74 Å². The quantitative estimate of drug-likeness (QED) is 0.425. The van der Waals surface area contributed by atoms with Gasteiger partial charge < -0.3 is 4.74 Å². The van der Waals surface area contributed by atoms with Gasteiger partial charge in [-0.2, -0.15) is 0 Å². The molecule has 52 valence electrons. The zero-order valence-corrected chi connectivity index (χ0v) is 6.10. The summed E-state index contributed by atoms with van der Waals surface area (Å²) in [6, 6.07) is 0. The molecule has 0 aromatic rings. The Bertz CT molecular complexity index is 125. The molecule has 0 aliphatic rings. The maximum atomic E-state index is 10.6. The number of ketones is 1. The molecule has 0 atom stereocenters. The molecule has 0 aliphatic heterocycles. The van der Waals surface area contributed by atoms with Gasteiger partial charge in [0.25, 0.3) is 0 Å². The molecule has 0 heterocycles. The highest BCUT2D eigenvalue weighted by Gasteiger charge is 1.98. The van der Waals surface area contributed by atoms with Gasteiger partial charge in [0.15, 0.2) is 11.5 Å². The molecule has 0 N–H and O–H groups in total. The zero-order valence-electron chi connectivity index (χ0n) is 6.10. The van der Waals surface area contributed by atoms with Crippen LogP contribution >= 0.6 is 0 Å². The van der Waals surface area contributed by atoms with Crippen molar-refractivity contribution in [3.05, 3.63) is 11.8 Å². The second-order valence-electron chi connectivity index (χ2n) is 1.74. The van der Waals surface area contributed by atoms with Crippen LogP contribution in [0.3, 0.4) is 0 Å². The summed E-state index contributed by atoms with van der Waals surface area (Å²) in [5.74, 6) is 0.442. The summed E-state index contributed by atoms with van der Waals surface area (Å²) in [6.07, 6.45) is 2.60. The number of hydrogen-bond acceptors (Lipinski definition) is 2. The number of allylic oxidation sites excluding steroid dienone is 2. The van der Waals surface area contributed by atoms with Gasteiger partial charge in [0, 0.05) is 6.92 Å². The Kier molecular flexibility index (Phi) is 3.76. The van der Waals surface area contributed by atoms with Crippen molar-refractivity contribution in [2.45, 2.75) is 20.3 Å². The third-order valence-corrected chi connectivity index (χ3v) is 0.956. The van der Waals surface area contributed by atoms with Crippen molar-refractivity contribution in [3.8, 4) is 0 Å². The standard InChI is InChI=1S/C7H12O2/c1-4-5-7(9-3)6(2)8/h5H,4H2,1-3H3/b7-5+. The molecular weight excluding hydrogens is 116 g/mol. The van der Waals surface area contributed by atoms with Gasteiger partial charge in [0.2, 0.25) is 0 Å². The average Bonchev–Trinajstić information content (AvgIpc) is 1.82. The number of carbonyl (C=O) groups excluding carboxylic acids is 1. The van der Waals surface area contributed by atoms with E-state index in [2.05, 4.69) is 0 Å². The van der Waals surface area contributed by atoms with E-state index in [1.807, 2.05) is 6.92 Å². The van der Waals surface area contributed by atoms with Crippen LogP contribution in [-0.4, -0.2) is 12.9 Å². The van der Waals surface area contributed by atoms with Gasteiger partial charge in [0.1, 0.15) is 0 Å². The van der Waals surface area contributed by atoms with E-state index in [0.717, 1.165) is 6.42 Å². The molecule has 0 amide bonds. The van der Waals surface area contributed by atoms with Crippen LogP contribution < -0.4 is 0 Å². The first-order chi connectivity index (χ1) is 4.22. The van der Waals surface area contributed by atoms with Crippen molar-refractivity contribution in [1.82, 2.24) is 0 Å². The fourth-order valence-electron chi connectivity index (χ4n) is 0.556. The second-order valence-corrected chi connectivity index (χ2v) is 1.74. The third-order valence-electron chi connectivity index (χ3n) is 0.956. The van der Waals surface area contributed by atoms with E-state index in [0.29, 0.717) is 5.76 Å². The summed E-state index contributed by atoms with van der Waals surface area (Å²) < 4.78 is 4.76. The Labute approximate surface area is 55.5 Å². The normalized spacial score (nSPS) is 11.2. The minimum absolute atomic E-state index is 0.0145. The largest absolute Gasteiger partial charge is 0.493 e. The second kappa shape index (κ2) is 4.13. The number of hydrogen-bond donors (Lipinski definition) is 0. The van der Waals surface area contributed by atoms with E-state index in [1.165, 1.54) is 14.0 Å². The molecule has 2 nitrogen and oxygen atoms in total. The average molecular weight is 128 g/mol. The molecule has 0 unspecified atom stereocenters. The highest BCUT2D eigenvalue weighted by molar-refractivity contribution is 5.91. The fraction of sp³-hybridized carbons (Fsp3) is 0.571. The number of rotatable bonds is 3. The molecule has 9 heavy (non-hydrogen) atoms. The van der Waals surface area contributed by atoms with Crippen LogP contribution in [0, 0.1) is 0 Å². The van der Waals surface area contributed by atoms with Gasteiger partial charge in [-0.1, -0.05) is 6.92 Å². The molecule has 0 fully saturated rings. The third kappa shape index (κ3) is 2.90. The predicted octanol–water partition coefficient (Wildman–Crippen LogP) is 1.52. The molecule has 0 bridgehead atoms. The Balaban J connectivity index is 3.98. The molecular formula is C7H12O2. The Morgan fingerprint density at radius 1 is 1.67 bits per heavy atom. The lowest BCUT2D eigenvalue weighted by molar-refractivity contribution is -0.116. The van der Waals surface area contributed by atoms with E-state index < -0.39 is 0 Å². The highest BCUT2D eigenvalue weighted by Crippen LogP contribution is 1.97. The maximum absolute atomic E-state index is 10.6. The summed E-state index contributed by atoms with van der Waals surface area (Å²) in [6.45, 7) is 3.45. The van der Waals surface area contributed by atoms with Crippen molar-refractivity contribution in [2.24, 2.45) is 0 Å². The SMILES string of the molecule is CC/C=C(/OC)C(C)=O. The fourth-order valence-corrected chi connectivity index (χ4v) is 0.556. The topological polar surface area (TPSA) is 26.3 Å². The zero-order chi connectivity index (χ0) is 7.28. The van der Waals surface area contributed by atoms with E-state index >= 15 is 0 Å². The molecule has 0 aromatic heterocycles. The Morgan fingerprint density at radius 3 is 2.33 bits per heavy atom. The van der Waals surface area contributed by atoms with Crippen molar-refractivity contribution in [1.29, 1.82) is 0 Å². The number of carbonyl (C=O) groups is 1. The lowest BCUT2D eigenvalue weighted by atomic mass is 10.3. The van der Waals surface area contributed by atoms with E-state index in [9.17, 15) is 4.79 Å². The maximum Gasteiger partial charge on any atom is 0.193 e. The van der Waals surface area contributed by atoms with Crippen LogP contribution in [0.15, 0.2) is 11.8 Å². The van der Waals surface area contributed by atoms with Gasteiger partial charge in [0.05, 0.1) is 7.11 Å². The minimum atomic E-state index is -0.0145. The smallest absolute Gasteiger partial charge is 0.193 e. The van der Waals surface area contributed by atoms with Gasteiger partial charge in [-0.25, -0.2) is 0 Å². The summed E-state index contributed by atoms with van der Waals surface area (Å²) >= 11 is 0. The van der Waals surface area contributed by atoms with Gasteiger partial charge >= 0.3 is 0 Å². The summed E-state index contributed by atoms with van der Waals surface area (Å²) in [5.41, 5.74) is 0. The van der Waals surface area contributed by atoms with Crippen LogP contribution in [0.1, 0.15) is 20.3 Å². The number of Topliss-reactive ketones (excluding diaryl/α,β-unsaturated/α-hetero) is 1. The van der Waals surface area contributed by atoms with Crippen LogP contribution in [0.4, 0.5) is 0 Å². The molecule has 0 aliphatic carbocycles. The lowest BCUT2D eigenvalue weighted by Crippen LogP contribution is -1.97. The Morgan fingerprint density at radius 2 is 2.22 bits per heavy atom. The van der Waals surface area contributed by atoms with Crippen molar-refractivity contribution in [2.75, 3.05) is 7.11 Å². The molecule has 0 saturated carbocycles. The van der Waals surface area contributed by atoms with Crippen molar-refractivity contribution >= 4 is 5.78 Å². The summed E-state index contributed by atoms with van der Waals surface area (Å²) in [4.78, 5) is 10.6. The molecule has 2 heteroatoms. The summed E-state index contributed by atoms with van der Waals surface area (Å²) in [5, 5.41) is 0. The molecule has 0 rings (SSSR count). The first-order valence-electron chi connectivity index (χ1n) is 2.97. The highest BCUT2D eigenvalue weighted by atomic mass is 16.5. The lowest BCUT2D eigenvalue weighted by Gasteiger charge is -1.98. The molecule has 0 spiro atoms. The number of methoxy groups -OCH3 is 1. The Hall–Kier alpha value is -0.790. The predicted molar refractivity (Wildman–Crippen MR) is 36.1 cm³/mol. The molecule has 0 radical (unpaired) electrons. The molecule has 0 saturated heterocycles. The van der Waals surface area contributed by atoms with E-state index in [-0.39, 0.29) is 5.78 Å². The van der Waals surface area contributed by atoms with Crippen LogP contribution in [0.25, 0.3) is 0 Å². The van der Waals surface area contributed by atoms with Crippen molar-refractivity contribution < 1.29 is 9.53 Å². The first kappa shape index (κ1) is 8.21. The van der Waals surface area contributed by atoms with Gasteiger partial charge in [-0.15, -0.1) is 0 Å². The van der Waals surface area contributed by atoms with Crippen LogP contribution in [-0.2, 0) is 9.53 Å². The first-order valence-corrected chi connectivity index (χ1v) is 2.97. The number of ether oxygens (including phenoxy) is 1. The van der Waals surface area contributed by atoms with Crippen LogP contribution in [0.5, 0.6) is 0 Å². The van der Waals surface area contributed by atoms with Gasteiger partial charge in [-0.05, 0) is 12.5 Å². The van der Waals surface area contributed by atoms with Crippen molar-refractivity contribution in [3.63, 3.8) is 0 Å². The van der Waals surface area contributed by atoms with E-state index in [1.54, 1.807) is 6.08 Å².